The number of aryl methyl sites for hydroxylation is 1. The second-order valence-corrected chi connectivity index (χ2v) is 3.90. The number of carbonyl (C=O) groups excluding carboxylic acids is 1. The highest BCUT2D eigenvalue weighted by atomic mass is 16.5. The van der Waals surface area contributed by atoms with Crippen molar-refractivity contribution in [2.45, 2.75) is 32.3 Å². The average molecular weight is 204 g/mol. The molecule has 2 nitrogen and oxygen atoms in total. The summed E-state index contributed by atoms with van der Waals surface area (Å²) in [5.41, 5.74) is 2.48. The van der Waals surface area contributed by atoms with Gasteiger partial charge in [0, 0.05) is 12.8 Å². The van der Waals surface area contributed by atoms with Crippen LogP contribution in [0.3, 0.4) is 0 Å². The molecule has 1 aliphatic heterocycles. The first-order valence-corrected chi connectivity index (χ1v) is 5.52. The fourth-order valence-electron chi connectivity index (χ4n) is 2.05. The average Bonchev–Trinajstić information content (AvgIpc) is 2.29. The zero-order chi connectivity index (χ0) is 10.7. The summed E-state index contributed by atoms with van der Waals surface area (Å²) in [5.74, 6) is 0.317. The second-order valence-electron chi connectivity index (χ2n) is 3.90. The molecule has 0 N–H and O–H groups in total. The molecule has 0 aromatic heterocycles. The van der Waals surface area contributed by atoms with Gasteiger partial charge in [-0.3, -0.25) is 4.79 Å². The summed E-state index contributed by atoms with van der Waals surface area (Å²) in [6.07, 6.45) is 2.09. The standard InChI is InChI=1S/C13H16O2/c1-2-10-5-3-4-6-12(10)13-9-11(14)7-8-15-13/h3-6,13H,2,7-9H2,1H3. The third kappa shape index (κ3) is 2.26. The zero-order valence-corrected chi connectivity index (χ0v) is 9.03. The molecule has 0 radical (unpaired) electrons. The molecule has 1 atom stereocenters. The molecule has 0 saturated carbocycles. The summed E-state index contributed by atoms with van der Waals surface area (Å²) >= 11 is 0. The van der Waals surface area contributed by atoms with E-state index in [0.717, 1.165) is 6.42 Å². The van der Waals surface area contributed by atoms with Crippen molar-refractivity contribution in [2.24, 2.45) is 0 Å². The summed E-state index contributed by atoms with van der Waals surface area (Å²) in [4.78, 5) is 11.4. The normalized spacial score (nSPS) is 21.7. The fourth-order valence-corrected chi connectivity index (χ4v) is 2.05. The lowest BCUT2D eigenvalue weighted by molar-refractivity contribution is -0.128. The van der Waals surface area contributed by atoms with E-state index in [-0.39, 0.29) is 6.10 Å². The summed E-state index contributed by atoms with van der Waals surface area (Å²) in [5, 5.41) is 0. The number of ether oxygens (including phenoxy) is 1. The lowest BCUT2D eigenvalue weighted by atomic mass is 9.95. The van der Waals surface area contributed by atoms with Gasteiger partial charge in [-0.2, -0.15) is 0 Å². The Kier molecular flexibility index (Phi) is 3.17. The molecule has 0 spiro atoms. The quantitative estimate of drug-likeness (QED) is 0.740. The molecule has 1 unspecified atom stereocenters. The Morgan fingerprint density at radius 2 is 2.20 bits per heavy atom. The van der Waals surface area contributed by atoms with Gasteiger partial charge in [-0.05, 0) is 17.5 Å². The van der Waals surface area contributed by atoms with E-state index in [1.807, 2.05) is 12.1 Å². The summed E-state index contributed by atoms with van der Waals surface area (Å²) in [6, 6.07) is 8.23. The smallest absolute Gasteiger partial charge is 0.138 e. The first kappa shape index (κ1) is 10.4. The third-order valence-corrected chi connectivity index (χ3v) is 2.90. The van der Waals surface area contributed by atoms with Gasteiger partial charge >= 0.3 is 0 Å². The minimum atomic E-state index is -0.0117. The van der Waals surface area contributed by atoms with Crippen LogP contribution in [-0.4, -0.2) is 12.4 Å². The molecule has 15 heavy (non-hydrogen) atoms. The number of hydrogen-bond acceptors (Lipinski definition) is 2. The Bertz CT molecular complexity index is 357. The Morgan fingerprint density at radius 3 is 2.93 bits per heavy atom. The van der Waals surface area contributed by atoms with Gasteiger partial charge in [-0.1, -0.05) is 31.2 Å². The number of benzene rings is 1. The van der Waals surface area contributed by atoms with Gasteiger partial charge in [-0.15, -0.1) is 0 Å². The minimum Gasteiger partial charge on any atom is -0.373 e. The molecule has 1 saturated heterocycles. The lowest BCUT2D eigenvalue weighted by Crippen LogP contribution is -2.20. The van der Waals surface area contributed by atoms with Crippen molar-refractivity contribution in [3.8, 4) is 0 Å². The highest BCUT2D eigenvalue weighted by Gasteiger charge is 2.22. The maximum atomic E-state index is 11.4. The topological polar surface area (TPSA) is 26.3 Å². The largest absolute Gasteiger partial charge is 0.373 e. The molecule has 2 rings (SSSR count). The van der Waals surface area contributed by atoms with Crippen molar-refractivity contribution in [2.75, 3.05) is 6.61 Å². The number of carbonyl (C=O) groups is 1. The van der Waals surface area contributed by atoms with Crippen molar-refractivity contribution >= 4 is 5.78 Å². The molecule has 1 aromatic rings. The summed E-state index contributed by atoms with van der Waals surface area (Å²) in [7, 11) is 0. The van der Waals surface area contributed by atoms with E-state index in [9.17, 15) is 4.79 Å². The maximum Gasteiger partial charge on any atom is 0.138 e. The van der Waals surface area contributed by atoms with Crippen molar-refractivity contribution < 1.29 is 9.53 Å². The van der Waals surface area contributed by atoms with E-state index in [0.29, 0.717) is 25.2 Å². The molecule has 1 aliphatic rings. The van der Waals surface area contributed by atoms with Gasteiger partial charge in [0.25, 0.3) is 0 Å². The number of ketones is 1. The first-order valence-electron chi connectivity index (χ1n) is 5.52. The van der Waals surface area contributed by atoms with Crippen molar-refractivity contribution in [1.82, 2.24) is 0 Å². The molecule has 1 aromatic carbocycles. The van der Waals surface area contributed by atoms with Gasteiger partial charge in [0.1, 0.15) is 5.78 Å². The van der Waals surface area contributed by atoms with Crippen LogP contribution >= 0.6 is 0 Å². The van der Waals surface area contributed by atoms with E-state index < -0.39 is 0 Å². The van der Waals surface area contributed by atoms with Gasteiger partial charge in [0.05, 0.1) is 12.7 Å². The van der Waals surface area contributed by atoms with Crippen molar-refractivity contribution in [3.63, 3.8) is 0 Å². The highest BCUT2D eigenvalue weighted by molar-refractivity contribution is 5.79. The Morgan fingerprint density at radius 1 is 1.40 bits per heavy atom. The molecule has 80 valence electrons. The van der Waals surface area contributed by atoms with Crippen LogP contribution in [0.5, 0.6) is 0 Å². The van der Waals surface area contributed by atoms with E-state index in [2.05, 4.69) is 19.1 Å². The van der Waals surface area contributed by atoms with Crippen LogP contribution in [0, 0.1) is 0 Å². The molecular weight excluding hydrogens is 188 g/mol. The minimum absolute atomic E-state index is 0.0117. The van der Waals surface area contributed by atoms with Crippen molar-refractivity contribution in [3.05, 3.63) is 35.4 Å². The predicted octanol–water partition coefficient (Wildman–Crippen LogP) is 2.67. The highest BCUT2D eigenvalue weighted by Crippen LogP contribution is 2.28. The van der Waals surface area contributed by atoms with Crippen LogP contribution in [0.2, 0.25) is 0 Å². The van der Waals surface area contributed by atoms with Gasteiger partial charge < -0.3 is 4.74 Å². The van der Waals surface area contributed by atoms with E-state index >= 15 is 0 Å². The maximum absolute atomic E-state index is 11.4. The Hall–Kier alpha value is -1.15. The zero-order valence-electron chi connectivity index (χ0n) is 9.03. The SMILES string of the molecule is CCc1ccccc1C1CC(=O)CCO1. The molecule has 0 aliphatic carbocycles. The van der Waals surface area contributed by atoms with Gasteiger partial charge in [0.2, 0.25) is 0 Å². The van der Waals surface area contributed by atoms with Crippen molar-refractivity contribution in [1.29, 1.82) is 0 Å². The van der Waals surface area contributed by atoms with Gasteiger partial charge in [0.15, 0.2) is 0 Å². The molecule has 0 amide bonds. The van der Waals surface area contributed by atoms with Gasteiger partial charge in [-0.25, -0.2) is 0 Å². The monoisotopic (exact) mass is 204 g/mol. The Labute approximate surface area is 90.3 Å². The third-order valence-electron chi connectivity index (χ3n) is 2.90. The van der Waals surface area contributed by atoms with Crippen LogP contribution in [0.15, 0.2) is 24.3 Å². The van der Waals surface area contributed by atoms with Crippen LogP contribution in [-0.2, 0) is 16.0 Å². The molecule has 2 heteroatoms. The number of Topliss-reactive ketones (excluding diaryl/α,β-unsaturated/α-hetero) is 1. The lowest BCUT2D eigenvalue weighted by Gasteiger charge is -2.24. The summed E-state index contributed by atoms with van der Waals surface area (Å²) < 4.78 is 5.66. The van der Waals surface area contributed by atoms with Crippen LogP contribution in [0.1, 0.15) is 37.0 Å². The van der Waals surface area contributed by atoms with Crippen LogP contribution in [0.4, 0.5) is 0 Å². The molecule has 1 heterocycles. The predicted molar refractivity (Wildman–Crippen MR) is 58.8 cm³/mol. The summed E-state index contributed by atoms with van der Waals surface area (Å²) in [6.45, 7) is 2.70. The van der Waals surface area contributed by atoms with E-state index in [1.165, 1.54) is 11.1 Å². The second kappa shape index (κ2) is 4.58. The first-order chi connectivity index (χ1) is 7.31. The van der Waals surface area contributed by atoms with E-state index in [4.69, 9.17) is 4.74 Å². The molecule has 1 fully saturated rings. The number of rotatable bonds is 2. The van der Waals surface area contributed by atoms with Crippen LogP contribution in [0.25, 0.3) is 0 Å². The Balaban J connectivity index is 2.24. The molecule has 0 bridgehead atoms. The van der Waals surface area contributed by atoms with Crippen LogP contribution < -0.4 is 0 Å². The van der Waals surface area contributed by atoms with E-state index in [1.54, 1.807) is 0 Å². The fraction of sp³-hybridized carbons (Fsp3) is 0.462. The molecular formula is C13H16O2. The number of hydrogen-bond donors (Lipinski definition) is 0.